The minimum atomic E-state index is -0.152. The lowest BCUT2D eigenvalue weighted by Gasteiger charge is -2.36. The maximum atomic E-state index is 13.3. The van der Waals surface area contributed by atoms with Crippen LogP contribution in [0.3, 0.4) is 0 Å². The van der Waals surface area contributed by atoms with Crippen molar-refractivity contribution in [3.63, 3.8) is 0 Å². The van der Waals surface area contributed by atoms with E-state index in [4.69, 9.17) is 4.74 Å². The first kappa shape index (κ1) is 27.1. The zero-order chi connectivity index (χ0) is 27.1. The van der Waals surface area contributed by atoms with E-state index in [1.54, 1.807) is 36.3 Å². The molecular formula is C30H37N5O3. The van der Waals surface area contributed by atoms with Crippen LogP contribution in [0, 0.1) is 12.8 Å². The fourth-order valence-electron chi connectivity index (χ4n) is 4.43. The number of ether oxygens (including phenoxy) is 1. The fraction of sp³-hybridized carbons (Fsp3) is 0.400. The molecule has 8 heteroatoms. The normalized spacial score (nSPS) is 13.5. The van der Waals surface area contributed by atoms with E-state index in [9.17, 15) is 9.59 Å². The van der Waals surface area contributed by atoms with Gasteiger partial charge in [-0.3, -0.25) is 9.59 Å². The quantitative estimate of drug-likeness (QED) is 0.423. The fourth-order valence-corrected chi connectivity index (χ4v) is 4.43. The topological polar surface area (TPSA) is 78.9 Å². The van der Waals surface area contributed by atoms with Gasteiger partial charge in [0.05, 0.1) is 12.8 Å². The summed E-state index contributed by atoms with van der Waals surface area (Å²) in [7, 11) is 1.58. The highest BCUT2D eigenvalue weighted by atomic mass is 16.5. The van der Waals surface area contributed by atoms with Gasteiger partial charge in [-0.2, -0.15) is 0 Å². The number of carbonyl (C=O) groups is 2. The van der Waals surface area contributed by atoms with E-state index in [2.05, 4.69) is 48.0 Å². The minimum absolute atomic E-state index is 0.0366. The van der Waals surface area contributed by atoms with Crippen molar-refractivity contribution in [2.45, 2.75) is 27.2 Å². The molecule has 3 aromatic rings. The second-order valence-electron chi connectivity index (χ2n) is 10.2. The number of anilines is 1. The molecule has 1 aromatic heterocycles. The van der Waals surface area contributed by atoms with Gasteiger partial charge in [0.25, 0.3) is 5.91 Å². The number of benzene rings is 2. The number of hydrogen-bond donors (Lipinski definition) is 0. The van der Waals surface area contributed by atoms with E-state index in [1.807, 2.05) is 29.2 Å². The number of piperazine rings is 1. The third kappa shape index (κ3) is 6.88. The number of aryl methyl sites for hydroxylation is 1. The molecule has 0 atom stereocenters. The molecule has 0 unspecified atom stereocenters. The molecule has 0 spiro atoms. The first-order valence-electron chi connectivity index (χ1n) is 13.2. The van der Waals surface area contributed by atoms with Crippen LogP contribution >= 0.6 is 0 Å². The van der Waals surface area contributed by atoms with Crippen LogP contribution in [0.25, 0.3) is 11.3 Å². The Labute approximate surface area is 225 Å². The molecule has 0 bridgehead atoms. The highest BCUT2D eigenvalue weighted by Gasteiger charge is 2.26. The van der Waals surface area contributed by atoms with E-state index < -0.39 is 0 Å². The number of rotatable bonds is 9. The summed E-state index contributed by atoms with van der Waals surface area (Å²) in [4.78, 5) is 32.2. The average Bonchev–Trinajstić information content (AvgIpc) is 2.95. The predicted molar refractivity (Wildman–Crippen MR) is 149 cm³/mol. The number of aromatic nitrogens is 2. The molecule has 1 aliphatic heterocycles. The van der Waals surface area contributed by atoms with Crippen molar-refractivity contribution in [1.29, 1.82) is 0 Å². The van der Waals surface area contributed by atoms with Crippen molar-refractivity contribution in [2.24, 2.45) is 5.92 Å². The van der Waals surface area contributed by atoms with E-state index >= 15 is 0 Å². The van der Waals surface area contributed by atoms with Crippen molar-refractivity contribution >= 4 is 17.6 Å². The molecule has 1 fully saturated rings. The molecule has 2 amide bonds. The van der Waals surface area contributed by atoms with Gasteiger partial charge in [0.2, 0.25) is 5.91 Å². The summed E-state index contributed by atoms with van der Waals surface area (Å²) in [6, 6.07) is 19.3. The van der Waals surface area contributed by atoms with Crippen LogP contribution in [0.1, 0.15) is 36.2 Å². The van der Waals surface area contributed by atoms with Gasteiger partial charge >= 0.3 is 0 Å². The molecule has 0 aliphatic carbocycles. The van der Waals surface area contributed by atoms with E-state index in [1.165, 1.54) is 5.56 Å². The van der Waals surface area contributed by atoms with Crippen LogP contribution in [0.5, 0.6) is 5.75 Å². The molecule has 2 heterocycles. The third-order valence-electron chi connectivity index (χ3n) is 6.86. The molecule has 0 radical (unpaired) electrons. The first-order valence-corrected chi connectivity index (χ1v) is 13.2. The number of amides is 2. The van der Waals surface area contributed by atoms with Crippen LogP contribution in [0.4, 0.5) is 5.82 Å². The third-order valence-corrected chi connectivity index (χ3v) is 6.86. The largest absolute Gasteiger partial charge is 0.497 e. The summed E-state index contributed by atoms with van der Waals surface area (Å²) < 4.78 is 5.28. The lowest BCUT2D eigenvalue weighted by molar-refractivity contribution is -0.132. The van der Waals surface area contributed by atoms with Crippen molar-refractivity contribution < 1.29 is 14.3 Å². The summed E-state index contributed by atoms with van der Waals surface area (Å²) in [5.74, 6) is 1.66. The van der Waals surface area contributed by atoms with E-state index in [0.717, 1.165) is 23.5 Å². The number of methoxy groups -OCH3 is 1. The molecule has 4 rings (SSSR count). The first-order chi connectivity index (χ1) is 18.3. The summed E-state index contributed by atoms with van der Waals surface area (Å²) in [6.07, 6.45) is 0.827. The molecule has 0 N–H and O–H groups in total. The number of carbonyl (C=O) groups excluding carboxylic acids is 2. The number of nitrogens with zero attached hydrogens (tertiary/aromatic N) is 5. The van der Waals surface area contributed by atoms with E-state index in [-0.39, 0.29) is 18.4 Å². The van der Waals surface area contributed by atoms with Gasteiger partial charge in [-0.25, -0.2) is 0 Å². The maximum absolute atomic E-state index is 13.3. The Hall–Kier alpha value is -3.94. The van der Waals surface area contributed by atoms with Crippen LogP contribution in [-0.2, 0) is 4.79 Å². The SMILES string of the molecule is COc1cccc(C(=O)N(CCC(C)C)CC(=O)N2CCN(c3ccc(-c4ccc(C)cc4)nn3)CC2)c1. The minimum Gasteiger partial charge on any atom is -0.497 e. The number of hydrogen-bond acceptors (Lipinski definition) is 6. The van der Waals surface area contributed by atoms with Gasteiger partial charge in [-0.15, -0.1) is 10.2 Å². The Bertz CT molecular complexity index is 1220. The monoisotopic (exact) mass is 515 g/mol. The second kappa shape index (κ2) is 12.5. The molecular weight excluding hydrogens is 478 g/mol. The van der Waals surface area contributed by atoms with Crippen molar-refractivity contribution in [3.8, 4) is 17.0 Å². The molecule has 0 saturated carbocycles. The molecule has 8 nitrogen and oxygen atoms in total. The Morgan fingerprint density at radius 3 is 2.34 bits per heavy atom. The zero-order valence-corrected chi connectivity index (χ0v) is 22.8. The Balaban J connectivity index is 1.36. The van der Waals surface area contributed by atoms with Crippen LogP contribution in [-0.4, -0.2) is 78.2 Å². The van der Waals surface area contributed by atoms with Crippen LogP contribution in [0.2, 0.25) is 0 Å². The van der Waals surface area contributed by atoms with Gasteiger partial charge in [0.15, 0.2) is 5.82 Å². The lowest BCUT2D eigenvalue weighted by atomic mass is 10.1. The highest BCUT2D eigenvalue weighted by molar-refractivity contribution is 5.96. The molecule has 2 aromatic carbocycles. The lowest BCUT2D eigenvalue weighted by Crippen LogP contribution is -2.52. The molecule has 1 saturated heterocycles. The van der Waals surface area contributed by atoms with E-state index in [0.29, 0.717) is 50.0 Å². The smallest absolute Gasteiger partial charge is 0.254 e. The molecule has 200 valence electrons. The highest BCUT2D eigenvalue weighted by Crippen LogP contribution is 2.20. The van der Waals surface area contributed by atoms with Gasteiger partial charge in [0, 0.05) is 43.9 Å². The van der Waals surface area contributed by atoms with Gasteiger partial charge in [0.1, 0.15) is 12.3 Å². The van der Waals surface area contributed by atoms with Gasteiger partial charge < -0.3 is 19.4 Å². The summed E-state index contributed by atoms with van der Waals surface area (Å²) >= 11 is 0. The van der Waals surface area contributed by atoms with Gasteiger partial charge in [-0.1, -0.05) is 49.7 Å². The standard InChI is InChI=1S/C30H37N5O3/c1-22(2)14-15-35(30(37)25-6-5-7-26(20-25)38-4)21-29(36)34-18-16-33(17-19-34)28-13-12-27(31-32-28)24-10-8-23(3)9-11-24/h5-13,20,22H,14-19,21H2,1-4H3. The maximum Gasteiger partial charge on any atom is 0.254 e. The summed E-state index contributed by atoms with van der Waals surface area (Å²) in [5.41, 5.74) is 3.61. The summed E-state index contributed by atoms with van der Waals surface area (Å²) in [6.45, 7) is 9.37. The van der Waals surface area contributed by atoms with Crippen molar-refractivity contribution in [2.75, 3.05) is 51.3 Å². The Morgan fingerprint density at radius 1 is 0.974 bits per heavy atom. The second-order valence-corrected chi connectivity index (χ2v) is 10.2. The molecule has 1 aliphatic rings. The summed E-state index contributed by atoms with van der Waals surface area (Å²) in [5, 5.41) is 8.86. The van der Waals surface area contributed by atoms with Crippen LogP contribution < -0.4 is 9.64 Å². The van der Waals surface area contributed by atoms with Crippen molar-refractivity contribution in [3.05, 3.63) is 71.8 Å². The molecule has 38 heavy (non-hydrogen) atoms. The Kier molecular flexibility index (Phi) is 8.94. The zero-order valence-electron chi connectivity index (χ0n) is 22.8. The Morgan fingerprint density at radius 2 is 1.71 bits per heavy atom. The average molecular weight is 516 g/mol. The van der Waals surface area contributed by atoms with Crippen LogP contribution in [0.15, 0.2) is 60.7 Å². The predicted octanol–water partition coefficient (Wildman–Crippen LogP) is 4.30. The van der Waals surface area contributed by atoms with Gasteiger partial charge in [-0.05, 0) is 49.6 Å². The van der Waals surface area contributed by atoms with Crippen molar-refractivity contribution in [1.82, 2.24) is 20.0 Å².